The minimum Gasteiger partial charge on any atom is -0.494 e. The molecule has 1 aliphatic rings. The lowest BCUT2D eigenvalue weighted by Crippen LogP contribution is -2.63. The number of aromatic nitrogens is 6. The van der Waals surface area contributed by atoms with E-state index in [1.807, 2.05) is 0 Å². The molecule has 0 saturated carbocycles. The maximum absolute atomic E-state index is 14.9. The third-order valence-electron chi connectivity index (χ3n) is 6.82. The van der Waals surface area contributed by atoms with E-state index in [9.17, 15) is 22.7 Å². The molecule has 4 aromatic rings. The summed E-state index contributed by atoms with van der Waals surface area (Å²) in [6, 6.07) is 3.37. The van der Waals surface area contributed by atoms with Gasteiger partial charge in [-0.3, -0.25) is 0 Å². The lowest BCUT2D eigenvalue weighted by Gasteiger charge is -2.43. The predicted molar refractivity (Wildman–Crippen MR) is 133 cm³/mol. The Balaban J connectivity index is 1.60. The van der Waals surface area contributed by atoms with Crippen LogP contribution >= 0.6 is 0 Å². The van der Waals surface area contributed by atoms with Crippen molar-refractivity contribution in [2.75, 3.05) is 30.8 Å². The first-order valence-electron chi connectivity index (χ1n) is 11.9. The minimum atomic E-state index is -3.03. The highest BCUT2D eigenvalue weighted by atomic mass is 19.3. The molecule has 0 spiro atoms. The molecule has 15 heteroatoms. The zero-order valence-electron chi connectivity index (χ0n) is 20.7. The second kappa shape index (κ2) is 10.2. The van der Waals surface area contributed by atoms with E-state index >= 15 is 0 Å². The standard InChI is InChI=1S/C24H25F4N9O2/c1-39-17-7-14(25)13(6-15(17)26)16-5-12(8-37-11-33-18-21(29)31-10-32-23(18)37)22(35-34-16)36-4-2-3-24(30,9-36)19(38)20(27)28/h5-7,10-11,19-20,38H,2-4,8-9,30H2,1H3,(H2,29,31,32)/t19-,24-/m1/s1. The first kappa shape index (κ1) is 26.5. The number of imidazole rings is 1. The molecule has 0 unspecified atom stereocenters. The molecule has 5 N–H and O–H groups in total. The summed E-state index contributed by atoms with van der Waals surface area (Å²) >= 11 is 0. The Morgan fingerprint density at radius 1 is 1.13 bits per heavy atom. The average Bonchev–Trinajstić information content (AvgIpc) is 3.33. The number of nitrogens with two attached hydrogens (primary N) is 2. The molecule has 3 aromatic heterocycles. The average molecular weight is 548 g/mol. The van der Waals surface area contributed by atoms with Crippen LogP contribution in [0.5, 0.6) is 5.75 Å². The van der Waals surface area contributed by atoms with Crippen molar-refractivity contribution in [2.45, 2.75) is 37.5 Å². The number of hydrogen-bond donors (Lipinski definition) is 3. The van der Waals surface area contributed by atoms with Gasteiger partial charge in [0.05, 0.1) is 31.2 Å². The first-order chi connectivity index (χ1) is 18.6. The van der Waals surface area contributed by atoms with Crippen molar-refractivity contribution >= 4 is 22.8 Å². The van der Waals surface area contributed by atoms with E-state index in [4.69, 9.17) is 16.2 Å². The van der Waals surface area contributed by atoms with Gasteiger partial charge in [-0.2, -0.15) is 0 Å². The Labute approximate surface area is 219 Å². The molecule has 1 aromatic carbocycles. The monoisotopic (exact) mass is 547 g/mol. The van der Waals surface area contributed by atoms with Crippen molar-refractivity contribution in [1.82, 2.24) is 29.7 Å². The van der Waals surface area contributed by atoms with E-state index in [1.54, 1.807) is 9.47 Å². The third-order valence-corrected chi connectivity index (χ3v) is 6.82. The summed E-state index contributed by atoms with van der Waals surface area (Å²) in [4.78, 5) is 14.1. The molecule has 1 saturated heterocycles. The van der Waals surface area contributed by atoms with Crippen LogP contribution in [0.2, 0.25) is 0 Å². The number of aliphatic hydroxyl groups excluding tert-OH is 1. The second-order valence-corrected chi connectivity index (χ2v) is 9.39. The van der Waals surface area contributed by atoms with E-state index in [-0.39, 0.29) is 48.2 Å². The van der Waals surface area contributed by atoms with Crippen LogP contribution in [-0.4, -0.2) is 73.1 Å². The molecule has 1 fully saturated rings. The summed E-state index contributed by atoms with van der Waals surface area (Å²) in [5.41, 5.74) is 11.6. The molecule has 11 nitrogen and oxygen atoms in total. The molecule has 0 radical (unpaired) electrons. The number of piperidine rings is 1. The van der Waals surface area contributed by atoms with Gasteiger partial charge in [-0.15, -0.1) is 10.2 Å². The number of nitrogen functional groups attached to an aromatic ring is 1. The fourth-order valence-corrected chi connectivity index (χ4v) is 4.80. The number of halogens is 4. The second-order valence-electron chi connectivity index (χ2n) is 9.39. The van der Waals surface area contributed by atoms with Gasteiger partial charge in [0.15, 0.2) is 28.8 Å². The lowest BCUT2D eigenvalue weighted by atomic mass is 9.84. The number of rotatable bonds is 7. The zero-order chi connectivity index (χ0) is 27.9. The quantitative estimate of drug-likeness (QED) is 0.293. The van der Waals surface area contributed by atoms with Gasteiger partial charge in [0.2, 0.25) is 0 Å². The van der Waals surface area contributed by atoms with Gasteiger partial charge < -0.3 is 30.8 Å². The topological polar surface area (TPSA) is 154 Å². The lowest BCUT2D eigenvalue weighted by molar-refractivity contribution is -0.0530. The van der Waals surface area contributed by atoms with Crippen LogP contribution in [-0.2, 0) is 6.54 Å². The molecule has 2 atom stereocenters. The summed E-state index contributed by atoms with van der Waals surface area (Å²) in [5.74, 6) is -1.40. The van der Waals surface area contributed by atoms with Crippen LogP contribution in [0.15, 0.2) is 30.9 Å². The van der Waals surface area contributed by atoms with Crippen LogP contribution in [0.3, 0.4) is 0 Å². The zero-order valence-corrected chi connectivity index (χ0v) is 20.7. The Morgan fingerprint density at radius 3 is 2.67 bits per heavy atom. The van der Waals surface area contributed by atoms with Gasteiger partial charge in [-0.05, 0) is 25.0 Å². The molecule has 39 heavy (non-hydrogen) atoms. The summed E-state index contributed by atoms with van der Waals surface area (Å²) < 4.78 is 62.6. The SMILES string of the molecule is COc1cc(F)c(-c2cc(Cn3cnc4c(N)ncnc43)c(N3CCC[C@](N)([C@H](O)C(F)F)C3)nn2)cc1F. The molecule has 0 bridgehead atoms. The Morgan fingerprint density at radius 2 is 1.92 bits per heavy atom. The Bertz CT molecular complexity index is 1520. The number of ether oxygens (including phenoxy) is 1. The highest BCUT2D eigenvalue weighted by Crippen LogP contribution is 2.33. The van der Waals surface area contributed by atoms with Crippen LogP contribution in [0.1, 0.15) is 18.4 Å². The van der Waals surface area contributed by atoms with Gasteiger partial charge >= 0.3 is 0 Å². The largest absolute Gasteiger partial charge is 0.494 e. The van der Waals surface area contributed by atoms with Crippen molar-refractivity contribution in [3.8, 4) is 17.0 Å². The molecular weight excluding hydrogens is 522 g/mol. The molecule has 0 aliphatic carbocycles. The van der Waals surface area contributed by atoms with Crippen molar-refractivity contribution in [2.24, 2.45) is 5.73 Å². The van der Waals surface area contributed by atoms with Crippen molar-refractivity contribution in [3.63, 3.8) is 0 Å². The summed E-state index contributed by atoms with van der Waals surface area (Å²) in [7, 11) is 1.22. The first-order valence-corrected chi connectivity index (χ1v) is 11.9. The smallest absolute Gasteiger partial charge is 0.265 e. The maximum Gasteiger partial charge on any atom is 0.265 e. The summed E-state index contributed by atoms with van der Waals surface area (Å²) in [6.45, 7) is 0.336. The predicted octanol–water partition coefficient (Wildman–Crippen LogP) is 2.12. The van der Waals surface area contributed by atoms with Gasteiger partial charge in [0.1, 0.15) is 23.8 Å². The highest BCUT2D eigenvalue weighted by Gasteiger charge is 2.43. The number of anilines is 2. The molecular formula is C24H25F4N9O2. The number of aliphatic hydroxyl groups is 1. The normalized spacial score (nSPS) is 18.6. The van der Waals surface area contributed by atoms with Crippen LogP contribution in [0, 0.1) is 11.6 Å². The van der Waals surface area contributed by atoms with Crippen LogP contribution in [0.4, 0.5) is 29.2 Å². The van der Waals surface area contributed by atoms with Gasteiger partial charge in [0.25, 0.3) is 6.43 Å². The fourth-order valence-electron chi connectivity index (χ4n) is 4.80. The van der Waals surface area contributed by atoms with Crippen LogP contribution in [0.25, 0.3) is 22.4 Å². The minimum absolute atomic E-state index is 0.0231. The van der Waals surface area contributed by atoms with Crippen LogP contribution < -0.4 is 21.1 Å². The molecule has 0 amide bonds. The number of alkyl halides is 2. The van der Waals surface area contributed by atoms with Gasteiger partial charge in [0, 0.05) is 30.3 Å². The molecule has 1 aliphatic heterocycles. The van der Waals surface area contributed by atoms with E-state index in [2.05, 4.69) is 25.1 Å². The van der Waals surface area contributed by atoms with Crippen molar-refractivity contribution in [3.05, 3.63) is 48.1 Å². The van der Waals surface area contributed by atoms with E-state index in [0.717, 1.165) is 12.1 Å². The number of nitrogens with zero attached hydrogens (tertiary/aromatic N) is 7. The number of methoxy groups -OCH3 is 1. The summed E-state index contributed by atoms with van der Waals surface area (Å²) in [5, 5.41) is 18.5. The van der Waals surface area contributed by atoms with Gasteiger partial charge in [-0.1, -0.05) is 0 Å². The van der Waals surface area contributed by atoms with Crippen molar-refractivity contribution in [1.29, 1.82) is 0 Å². The third kappa shape index (κ3) is 4.90. The highest BCUT2D eigenvalue weighted by molar-refractivity contribution is 5.81. The molecule has 4 heterocycles. The Hall–Kier alpha value is -4.11. The van der Waals surface area contributed by atoms with E-state index in [1.165, 1.54) is 25.8 Å². The van der Waals surface area contributed by atoms with Crippen molar-refractivity contribution < 1.29 is 27.4 Å². The van der Waals surface area contributed by atoms with E-state index < -0.39 is 29.7 Å². The Kier molecular flexibility index (Phi) is 6.94. The fraction of sp³-hybridized carbons (Fsp3) is 0.375. The number of benzene rings is 1. The summed E-state index contributed by atoms with van der Waals surface area (Å²) in [6.07, 6.45) is -1.74. The van der Waals surface area contributed by atoms with Gasteiger partial charge in [-0.25, -0.2) is 32.5 Å². The number of fused-ring (bicyclic) bond motifs is 1. The maximum atomic E-state index is 14.9. The van der Waals surface area contributed by atoms with E-state index in [0.29, 0.717) is 29.7 Å². The number of hydrogen-bond acceptors (Lipinski definition) is 10. The molecule has 5 rings (SSSR count). The molecule has 206 valence electrons.